The molecule has 0 atom stereocenters. The molecule has 0 aromatic heterocycles. The molecule has 86 valence electrons. The number of oxime groups is 1. The first kappa shape index (κ1) is 12.2. The fourth-order valence-corrected chi connectivity index (χ4v) is 1.10. The lowest BCUT2D eigenvalue weighted by Crippen LogP contribution is -2.10. The summed E-state index contributed by atoms with van der Waals surface area (Å²) in [6.07, 6.45) is 1.29. The maximum atomic E-state index is 11.5. The van der Waals surface area contributed by atoms with Crippen molar-refractivity contribution in [2.45, 2.75) is 13.8 Å². The van der Waals surface area contributed by atoms with Crippen LogP contribution in [0.2, 0.25) is 0 Å². The lowest BCUT2D eigenvalue weighted by molar-refractivity contribution is 0.0459. The van der Waals surface area contributed by atoms with Crippen LogP contribution in [0.4, 0.5) is 0 Å². The van der Waals surface area contributed by atoms with Crippen LogP contribution in [0.25, 0.3) is 0 Å². The van der Waals surface area contributed by atoms with E-state index in [0.29, 0.717) is 18.1 Å². The van der Waals surface area contributed by atoms with Crippen molar-refractivity contribution >= 4 is 12.2 Å². The van der Waals surface area contributed by atoms with Gasteiger partial charge in [0.1, 0.15) is 0 Å². The first-order chi connectivity index (χ1) is 7.63. The second-order valence-electron chi connectivity index (χ2n) is 3.86. The van der Waals surface area contributed by atoms with Gasteiger partial charge in [-0.2, -0.15) is 0 Å². The van der Waals surface area contributed by atoms with E-state index < -0.39 is 0 Å². The summed E-state index contributed by atoms with van der Waals surface area (Å²) in [4.78, 5) is 11.5. The third-order valence-corrected chi connectivity index (χ3v) is 1.90. The van der Waals surface area contributed by atoms with Gasteiger partial charge in [-0.1, -0.05) is 31.1 Å². The molecule has 0 aliphatic carbocycles. The van der Waals surface area contributed by atoms with Crippen LogP contribution in [0.3, 0.4) is 0 Å². The minimum absolute atomic E-state index is 0.324. The van der Waals surface area contributed by atoms with Crippen LogP contribution in [0.15, 0.2) is 29.4 Å². The van der Waals surface area contributed by atoms with Crippen molar-refractivity contribution in [1.82, 2.24) is 0 Å². The summed E-state index contributed by atoms with van der Waals surface area (Å²) in [5.74, 6) is -0.00840. The van der Waals surface area contributed by atoms with Crippen molar-refractivity contribution < 1.29 is 14.7 Å². The summed E-state index contributed by atoms with van der Waals surface area (Å²) in [7, 11) is 0. The molecule has 0 aliphatic heterocycles. The van der Waals surface area contributed by atoms with Crippen LogP contribution in [-0.4, -0.2) is 24.0 Å². The number of rotatable bonds is 4. The van der Waals surface area contributed by atoms with Gasteiger partial charge in [0.15, 0.2) is 0 Å². The second-order valence-corrected chi connectivity index (χ2v) is 3.86. The SMILES string of the molecule is CC(C)COC(=O)c1ccc(C=NO)cc1. The normalized spacial score (nSPS) is 10.9. The molecular formula is C12H15NO3. The van der Waals surface area contributed by atoms with Gasteiger partial charge in [-0.25, -0.2) is 4.79 Å². The van der Waals surface area contributed by atoms with Crippen molar-refractivity contribution in [2.75, 3.05) is 6.61 Å². The van der Waals surface area contributed by atoms with E-state index in [1.807, 2.05) is 13.8 Å². The molecule has 0 amide bonds. The zero-order chi connectivity index (χ0) is 12.0. The Labute approximate surface area is 94.5 Å². The molecule has 0 unspecified atom stereocenters. The molecule has 1 rings (SSSR count). The number of esters is 1. The smallest absolute Gasteiger partial charge is 0.338 e. The zero-order valence-corrected chi connectivity index (χ0v) is 9.38. The Morgan fingerprint density at radius 2 is 2.06 bits per heavy atom. The summed E-state index contributed by atoms with van der Waals surface area (Å²) >= 11 is 0. The van der Waals surface area contributed by atoms with E-state index in [1.54, 1.807) is 24.3 Å². The summed E-state index contributed by atoms with van der Waals surface area (Å²) in [6, 6.07) is 6.65. The molecule has 0 heterocycles. The fraction of sp³-hybridized carbons (Fsp3) is 0.333. The molecular weight excluding hydrogens is 206 g/mol. The van der Waals surface area contributed by atoms with Gasteiger partial charge < -0.3 is 9.94 Å². The van der Waals surface area contributed by atoms with Crippen molar-refractivity contribution in [1.29, 1.82) is 0 Å². The molecule has 1 aromatic rings. The molecule has 0 spiro atoms. The van der Waals surface area contributed by atoms with E-state index in [2.05, 4.69) is 5.16 Å². The molecule has 4 nitrogen and oxygen atoms in total. The Morgan fingerprint density at radius 1 is 1.44 bits per heavy atom. The van der Waals surface area contributed by atoms with E-state index in [-0.39, 0.29) is 5.97 Å². The maximum Gasteiger partial charge on any atom is 0.338 e. The predicted molar refractivity (Wildman–Crippen MR) is 60.9 cm³/mol. The van der Waals surface area contributed by atoms with E-state index in [4.69, 9.17) is 9.94 Å². The number of hydrogen-bond donors (Lipinski definition) is 1. The average Bonchev–Trinajstić information content (AvgIpc) is 2.27. The van der Waals surface area contributed by atoms with Crippen molar-refractivity contribution in [2.24, 2.45) is 11.1 Å². The Morgan fingerprint density at radius 3 is 2.56 bits per heavy atom. The number of carbonyl (C=O) groups excluding carboxylic acids is 1. The summed E-state index contributed by atoms with van der Waals surface area (Å²) < 4.78 is 5.07. The number of benzene rings is 1. The van der Waals surface area contributed by atoms with Crippen LogP contribution >= 0.6 is 0 Å². The highest BCUT2D eigenvalue weighted by atomic mass is 16.5. The highest BCUT2D eigenvalue weighted by Crippen LogP contribution is 2.05. The third-order valence-electron chi connectivity index (χ3n) is 1.90. The third kappa shape index (κ3) is 3.73. The van der Waals surface area contributed by atoms with Crippen LogP contribution in [0.5, 0.6) is 0 Å². The van der Waals surface area contributed by atoms with E-state index in [9.17, 15) is 4.79 Å². The highest BCUT2D eigenvalue weighted by Gasteiger charge is 2.07. The quantitative estimate of drug-likeness (QED) is 0.367. The molecule has 16 heavy (non-hydrogen) atoms. The van der Waals surface area contributed by atoms with Gasteiger partial charge in [-0.05, 0) is 23.6 Å². The van der Waals surface area contributed by atoms with Gasteiger partial charge in [0.05, 0.1) is 18.4 Å². The van der Waals surface area contributed by atoms with Crippen LogP contribution in [-0.2, 0) is 4.74 Å². The second kappa shape index (κ2) is 5.90. The minimum Gasteiger partial charge on any atom is -0.462 e. The van der Waals surface area contributed by atoms with Crippen molar-refractivity contribution in [3.8, 4) is 0 Å². The van der Waals surface area contributed by atoms with Gasteiger partial charge in [-0.15, -0.1) is 0 Å². The number of carbonyl (C=O) groups is 1. The van der Waals surface area contributed by atoms with Gasteiger partial charge in [-0.3, -0.25) is 0 Å². The lowest BCUT2D eigenvalue weighted by atomic mass is 10.1. The van der Waals surface area contributed by atoms with E-state index in [0.717, 1.165) is 5.56 Å². The summed E-state index contributed by atoms with van der Waals surface area (Å²) in [5.41, 5.74) is 1.22. The Balaban J connectivity index is 2.63. The highest BCUT2D eigenvalue weighted by molar-refractivity contribution is 5.90. The molecule has 0 saturated heterocycles. The molecule has 4 heteroatoms. The summed E-state index contributed by atoms with van der Waals surface area (Å²) in [5, 5.41) is 11.2. The minimum atomic E-state index is -0.332. The summed E-state index contributed by atoms with van der Waals surface area (Å²) in [6.45, 7) is 4.38. The Hall–Kier alpha value is -1.84. The van der Waals surface area contributed by atoms with Crippen LogP contribution < -0.4 is 0 Å². The predicted octanol–water partition coefficient (Wildman–Crippen LogP) is 2.31. The molecule has 1 aromatic carbocycles. The van der Waals surface area contributed by atoms with Gasteiger partial charge in [0.2, 0.25) is 0 Å². The van der Waals surface area contributed by atoms with Gasteiger partial charge >= 0.3 is 5.97 Å². The van der Waals surface area contributed by atoms with E-state index >= 15 is 0 Å². The molecule has 0 aliphatic rings. The Bertz CT molecular complexity index is 368. The Kier molecular flexibility index (Phi) is 4.51. The van der Waals surface area contributed by atoms with Crippen LogP contribution in [0.1, 0.15) is 29.8 Å². The number of ether oxygens (including phenoxy) is 1. The zero-order valence-electron chi connectivity index (χ0n) is 9.38. The topological polar surface area (TPSA) is 58.9 Å². The maximum absolute atomic E-state index is 11.5. The van der Waals surface area contributed by atoms with Crippen molar-refractivity contribution in [3.05, 3.63) is 35.4 Å². The first-order valence-electron chi connectivity index (χ1n) is 5.08. The molecule has 0 bridgehead atoms. The average molecular weight is 221 g/mol. The van der Waals surface area contributed by atoms with Gasteiger partial charge in [0, 0.05) is 0 Å². The first-order valence-corrected chi connectivity index (χ1v) is 5.08. The van der Waals surface area contributed by atoms with E-state index in [1.165, 1.54) is 6.21 Å². The van der Waals surface area contributed by atoms with Crippen LogP contribution in [0, 0.1) is 5.92 Å². The monoisotopic (exact) mass is 221 g/mol. The molecule has 0 saturated carbocycles. The number of hydrogen-bond acceptors (Lipinski definition) is 4. The lowest BCUT2D eigenvalue weighted by Gasteiger charge is -2.06. The van der Waals surface area contributed by atoms with Gasteiger partial charge in [0.25, 0.3) is 0 Å². The van der Waals surface area contributed by atoms with Crippen molar-refractivity contribution in [3.63, 3.8) is 0 Å². The molecule has 1 N–H and O–H groups in total. The standard InChI is InChI=1S/C12H15NO3/c1-9(2)8-16-12(14)11-5-3-10(4-6-11)7-13-15/h3-7,9,15H,8H2,1-2H3. The largest absolute Gasteiger partial charge is 0.462 e. The molecule has 0 fully saturated rings. The molecule has 0 radical (unpaired) electrons. The fourth-order valence-electron chi connectivity index (χ4n) is 1.10. The number of nitrogens with zero attached hydrogens (tertiary/aromatic N) is 1.